The molecule has 0 bridgehead atoms. The van der Waals surface area contributed by atoms with Crippen LogP contribution in [-0.4, -0.2) is 120 Å². The molecule has 1 saturated carbocycles. The van der Waals surface area contributed by atoms with Crippen LogP contribution in [0.3, 0.4) is 0 Å². The smallest absolute Gasteiger partial charge is 0.248 e. The van der Waals surface area contributed by atoms with Crippen molar-refractivity contribution in [2.24, 2.45) is 5.92 Å². The molecule has 2 fully saturated rings. The summed E-state index contributed by atoms with van der Waals surface area (Å²) in [5.74, 6) is 1.29. The molecule has 0 N–H and O–H groups in total. The molecule has 3 rings (SSSR count). The minimum absolute atomic E-state index is 0.0371. The number of amides is 1. The molecule has 1 aromatic rings. The quantitative estimate of drug-likeness (QED) is 0.360. The molecule has 1 aliphatic heterocycles. The zero-order chi connectivity index (χ0) is 28.7. The fraction of sp³-hybridized carbons (Fsp3) is 0.759. The molecule has 1 saturated heterocycles. The highest BCUT2D eigenvalue weighted by atomic mass is 32.2. The maximum atomic E-state index is 13.2. The lowest BCUT2D eigenvalue weighted by atomic mass is 9.84. The number of benzene rings is 1. The van der Waals surface area contributed by atoms with Crippen LogP contribution in [0, 0.1) is 19.8 Å². The highest BCUT2D eigenvalue weighted by molar-refractivity contribution is 7.89. The average Bonchev–Trinajstić information content (AvgIpc) is 2.90. The predicted molar refractivity (Wildman–Crippen MR) is 155 cm³/mol. The second kappa shape index (κ2) is 14.3. The van der Waals surface area contributed by atoms with Crippen molar-refractivity contribution in [1.29, 1.82) is 0 Å². The third-order valence-electron chi connectivity index (χ3n) is 8.60. The number of carbonyl (C=O) groups is 1. The first-order chi connectivity index (χ1) is 18.4. The Balaban J connectivity index is 1.39. The molecule has 1 aromatic carbocycles. The Kier molecular flexibility index (Phi) is 11.6. The molecule has 0 spiro atoms. The largest absolute Gasteiger partial charge is 0.497 e. The number of rotatable bonds is 12. The third kappa shape index (κ3) is 8.39. The predicted octanol–water partition coefficient (Wildman–Crippen LogP) is 2.99. The number of nitrogens with zero attached hydrogens (tertiary/aromatic N) is 4. The van der Waals surface area contributed by atoms with E-state index in [-0.39, 0.29) is 36.6 Å². The summed E-state index contributed by atoms with van der Waals surface area (Å²) in [5.41, 5.74) is 1.28. The molecule has 1 amide bonds. The van der Waals surface area contributed by atoms with Gasteiger partial charge in [0.15, 0.2) is 0 Å². The summed E-state index contributed by atoms with van der Waals surface area (Å²) in [4.78, 5) is 19.9. The van der Waals surface area contributed by atoms with Gasteiger partial charge in [-0.05, 0) is 102 Å². The minimum Gasteiger partial charge on any atom is -0.497 e. The molecule has 1 heterocycles. The van der Waals surface area contributed by atoms with Crippen LogP contribution in [0.4, 0.5) is 0 Å². The van der Waals surface area contributed by atoms with Crippen LogP contribution in [-0.2, 0) is 19.6 Å². The van der Waals surface area contributed by atoms with E-state index in [2.05, 4.69) is 23.9 Å². The molecule has 2 aliphatic rings. The van der Waals surface area contributed by atoms with Gasteiger partial charge in [-0.1, -0.05) is 0 Å². The van der Waals surface area contributed by atoms with Crippen molar-refractivity contribution in [3.05, 3.63) is 23.3 Å². The van der Waals surface area contributed by atoms with Crippen molar-refractivity contribution < 1.29 is 22.7 Å². The Bertz CT molecular complexity index is 1030. The lowest BCUT2D eigenvalue weighted by Crippen LogP contribution is -2.47. The van der Waals surface area contributed by atoms with Gasteiger partial charge in [-0.25, -0.2) is 8.42 Å². The number of sulfonamides is 1. The number of hydrogen-bond donors (Lipinski definition) is 0. The number of methoxy groups -OCH3 is 1. The zero-order valence-corrected chi connectivity index (χ0v) is 25.9. The fourth-order valence-electron chi connectivity index (χ4n) is 6.07. The molecule has 9 nitrogen and oxygen atoms in total. The SMILES string of the molecule is COc1cc(C)c(S(=O)(=O)N(C)CCOCC(=O)N(C)[C@H]2CC[C@@H](CN3CCCC(N(C)C)C3)CC2)c(C)c1. The Hall–Kier alpha value is -1.72. The first-order valence-electron chi connectivity index (χ1n) is 14.3. The van der Waals surface area contributed by atoms with E-state index in [0.717, 1.165) is 25.7 Å². The van der Waals surface area contributed by atoms with Crippen molar-refractivity contribution >= 4 is 15.9 Å². The van der Waals surface area contributed by atoms with Gasteiger partial charge in [0.05, 0.1) is 18.6 Å². The van der Waals surface area contributed by atoms with Crippen molar-refractivity contribution in [3.63, 3.8) is 0 Å². The molecular weight excluding hydrogens is 516 g/mol. The van der Waals surface area contributed by atoms with E-state index in [9.17, 15) is 13.2 Å². The monoisotopic (exact) mass is 566 g/mol. The Morgan fingerprint density at radius 3 is 2.23 bits per heavy atom. The van der Waals surface area contributed by atoms with Crippen LogP contribution < -0.4 is 4.74 Å². The van der Waals surface area contributed by atoms with Crippen molar-refractivity contribution in [1.82, 2.24) is 19.0 Å². The van der Waals surface area contributed by atoms with Gasteiger partial charge in [-0.15, -0.1) is 0 Å². The third-order valence-corrected chi connectivity index (χ3v) is 10.8. The van der Waals surface area contributed by atoms with Crippen molar-refractivity contribution in [2.45, 2.75) is 69.4 Å². The van der Waals surface area contributed by atoms with Crippen LogP contribution in [0.15, 0.2) is 17.0 Å². The van der Waals surface area contributed by atoms with Crippen molar-refractivity contribution in [2.75, 3.05) is 74.7 Å². The number of aryl methyl sites for hydroxylation is 2. The maximum absolute atomic E-state index is 13.2. The number of carbonyl (C=O) groups excluding carboxylic acids is 1. The minimum atomic E-state index is -3.69. The molecule has 1 unspecified atom stereocenters. The van der Waals surface area contributed by atoms with Crippen LogP contribution >= 0.6 is 0 Å². The standard InChI is InChI=1S/C29H50N4O5S/c1-22-17-27(37-7)18-23(2)29(22)39(35,36)31(5)15-16-38-21-28(34)32(6)25-12-10-24(11-13-25)19-33-14-8-9-26(20-33)30(3)4/h17-18,24-26H,8-16,19-21H2,1-7H3/t24-,25+,26?. The molecule has 0 aromatic heterocycles. The maximum Gasteiger partial charge on any atom is 0.248 e. The van der Waals surface area contributed by atoms with E-state index in [1.165, 1.54) is 36.8 Å². The number of hydrogen-bond acceptors (Lipinski definition) is 7. The lowest BCUT2D eigenvalue weighted by molar-refractivity contribution is -0.137. The Morgan fingerprint density at radius 1 is 1.00 bits per heavy atom. The topological polar surface area (TPSA) is 82.6 Å². The summed E-state index contributed by atoms with van der Waals surface area (Å²) in [7, 11) is 5.65. The van der Waals surface area contributed by atoms with Gasteiger partial charge in [0.1, 0.15) is 12.4 Å². The van der Waals surface area contributed by atoms with E-state index in [1.54, 1.807) is 40.1 Å². The summed E-state index contributed by atoms with van der Waals surface area (Å²) in [6.45, 7) is 7.36. The first kappa shape index (κ1) is 31.8. The molecule has 1 atom stereocenters. The Morgan fingerprint density at radius 2 is 1.64 bits per heavy atom. The second-order valence-corrected chi connectivity index (χ2v) is 13.6. The van der Waals surface area contributed by atoms with Gasteiger partial charge in [-0.2, -0.15) is 4.31 Å². The number of likely N-dealkylation sites (tertiary alicyclic amines) is 1. The molecule has 10 heteroatoms. The van der Waals surface area contributed by atoms with Gasteiger partial charge in [0.25, 0.3) is 0 Å². The van der Waals surface area contributed by atoms with E-state index in [4.69, 9.17) is 9.47 Å². The second-order valence-electron chi connectivity index (χ2n) is 11.7. The van der Waals surface area contributed by atoms with Gasteiger partial charge in [-0.3, -0.25) is 4.79 Å². The zero-order valence-electron chi connectivity index (χ0n) is 25.1. The number of piperidine rings is 1. The summed E-state index contributed by atoms with van der Waals surface area (Å²) < 4.78 is 38.5. The van der Waals surface area contributed by atoms with Gasteiger partial charge >= 0.3 is 0 Å². The summed E-state index contributed by atoms with van der Waals surface area (Å²) >= 11 is 0. The van der Waals surface area contributed by atoms with E-state index in [1.807, 2.05) is 11.9 Å². The van der Waals surface area contributed by atoms with Crippen LogP contribution in [0.2, 0.25) is 0 Å². The normalized spacial score (nSPS) is 22.8. The number of likely N-dealkylation sites (N-methyl/N-ethyl adjacent to an activating group) is 3. The van der Waals surface area contributed by atoms with E-state index < -0.39 is 10.0 Å². The highest BCUT2D eigenvalue weighted by Gasteiger charge is 2.30. The van der Waals surface area contributed by atoms with Crippen molar-refractivity contribution in [3.8, 4) is 5.75 Å². The van der Waals surface area contributed by atoms with E-state index in [0.29, 0.717) is 28.8 Å². The molecule has 1 aliphatic carbocycles. The fourth-order valence-corrected chi connectivity index (χ4v) is 7.63. The molecule has 0 radical (unpaired) electrons. The Labute approximate surface area is 236 Å². The molecule has 39 heavy (non-hydrogen) atoms. The highest BCUT2D eigenvalue weighted by Crippen LogP contribution is 2.29. The summed E-state index contributed by atoms with van der Waals surface area (Å²) in [6.07, 6.45) is 6.92. The van der Waals surface area contributed by atoms with E-state index >= 15 is 0 Å². The van der Waals surface area contributed by atoms with Crippen LogP contribution in [0.1, 0.15) is 49.7 Å². The van der Waals surface area contributed by atoms with Gasteiger partial charge in [0.2, 0.25) is 15.9 Å². The average molecular weight is 567 g/mol. The first-order valence-corrected chi connectivity index (χ1v) is 15.7. The summed E-state index contributed by atoms with van der Waals surface area (Å²) in [6, 6.07) is 4.35. The molecule has 222 valence electrons. The number of ether oxygens (including phenoxy) is 2. The van der Waals surface area contributed by atoms with Gasteiger partial charge in [0, 0.05) is 45.8 Å². The van der Waals surface area contributed by atoms with Crippen LogP contribution in [0.25, 0.3) is 0 Å². The van der Waals surface area contributed by atoms with Gasteiger partial charge < -0.3 is 24.2 Å². The summed E-state index contributed by atoms with van der Waals surface area (Å²) in [5, 5.41) is 0. The van der Waals surface area contributed by atoms with Crippen LogP contribution in [0.5, 0.6) is 5.75 Å². The lowest BCUT2D eigenvalue weighted by Gasteiger charge is -2.40. The molecular formula is C29H50N4O5S.